The minimum Gasteiger partial charge on any atom is -0.399 e. The van der Waals surface area contributed by atoms with E-state index in [1.807, 2.05) is 30.3 Å². The number of aromatic amines is 1. The second kappa shape index (κ2) is 7.54. The highest BCUT2D eigenvalue weighted by molar-refractivity contribution is 6.12. The van der Waals surface area contributed by atoms with Gasteiger partial charge in [0.2, 0.25) is 0 Å². The van der Waals surface area contributed by atoms with Crippen LogP contribution in [0.25, 0.3) is 39.1 Å². The lowest BCUT2D eigenvalue weighted by atomic mass is 10.1. The number of nitrogens with zero attached hydrogens (tertiary/aromatic N) is 1. The van der Waals surface area contributed by atoms with Crippen molar-refractivity contribution in [3.8, 4) is 11.3 Å². The van der Waals surface area contributed by atoms with Crippen LogP contribution >= 0.6 is 0 Å². The molecule has 2 aromatic heterocycles. The molecular weight excluding hydrogens is 389 g/mol. The van der Waals surface area contributed by atoms with E-state index < -0.39 is 0 Å². The summed E-state index contributed by atoms with van der Waals surface area (Å²) in [4.78, 5) is 20.7. The molecule has 0 saturated carbocycles. The van der Waals surface area contributed by atoms with Gasteiger partial charge in [0.25, 0.3) is 0 Å². The highest BCUT2D eigenvalue weighted by Gasteiger charge is 2.13. The molecule has 5 rings (SSSR count). The third-order valence-corrected chi connectivity index (χ3v) is 5.23. The lowest BCUT2D eigenvalue weighted by Crippen LogP contribution is -1.95. The van der Waals surface area contributed by atoms with Crippen LogP contribution in [-0.4, -0.2) is 15.8 Å². The van der Waals surface area contributed by atoms with Gasteiger partial charge < -0.3 is 10.7 Å². The number of nitrogens with two attached hydrogens (primary N) is 1. The number of ketones is 1. The summed E-state index contributed by atoms with van der Waals surface area (Å²) < 4.78 is 13.5. The van der Waals surface area contributed by atoms with Gasteiger partial charge in [0.15, 0.2) is 5.78 Å². The Labute approximate surface area is 177 Å². The van der Waals surface area contributed by atoms with Gasteiger partial charge in [0.05, 0.1) is 16.9 Å². The zero-order chi connectivity index (χ0) is 21.4. The number of nitrogens with one attached hydrogen (secondary N) is 1. The van der Waals surface area contributed by atoms with E-state index in [2.05, 4.69) is 4.98 Å². The van der Waals surface area contributed by atoms with Crippen molar-refractivity contribution in [1.29, 1.82) is 0 Å². The molecule has 0 fully saturated rings. The summed E-state index contributed by atoms with van der Waals surface area (Å²) >= 11 is 0. The first kappa shape index (κ1) is 18.8. The average molecular weight is 407 g/mol. The molecular formula is C26H18FN3O. The van der Waals surface area contributed by atoms with Gasteiger partial charge in [-0.25, -0.2) is 9.37 Å². The summed E-state index contributed by atoms with van der Waals surface area (Å²) in [6, 6.07) is 23.0. The average Bonchev–Trinajstić information content (AvgIpc) is 3.17. The maximum absolute atomic E-state index is 13.5. The molecule has 3 N–H and O–H groups in total. The number of carbonyl (C=O) groups excluding carboxylic acids is 1. The highest BCUT2D eigenvalue weighted by Crippen LogP contribution is 2.33. The monoisotopic (exact) mass is 407 g/mol. The quantitative estimate of drug-likeness (QED) is 0.218. The van der Waals surface area contributed by atoms with Crippen LogP contribution in [0.15, 0.2) is 84.9 Å². The van der Waals surface area contributed by atoms with Crippen LogP contribution in [0.5, 0.6) is 0 Å². The van der Waals surface area contributed by atoms with Crippen molar-refractivity contribution in [2.75, 3.05) is 5.73 Å². The molecule has 150 valence electrons. The van der Waals surface area contributed by atoms with Crippen LogP contribution in [-0.2, 0) is 0 Å². The van der Waals surface area contributed by atoms with Gasteiger partial charge in [-0.05, 0) is 72.8 Å². The van der Waals surface area contributed by atoms with Gasteiger partial charge in [-0.3, -0.25) is 4.79 Å². The van der Waals surface area contributed by atoms with E-state index in [0.717, 1.165) is 27.4 Å². The fraction of sp³-hybridized carbons (Fsp3) is 0. The molecule has 0 aliphatic heterocycles. The number of anilines is 1. The molecule has 31 heavy (non-hydrogen) atoms. The van der Waals surface area contributed by atoms with Crippen LogP contribution < -0.4 is 5.73 Å². The molecule has 0 aliphatic carbocycles. The van der Waals surface area contributed by atoms with E-state index in [0.29, 0.717) is 22.6 Å². The molecule has 0 radical (unpaired) electrons. The number of rotatable bonds is 4. The zero-order valence-electron chi connectivity index (χ0n) is 16.5. The van der Waals surface area contributed by atoms with E-state index in [9.17, 15) is 9.18 Å². The molecule has 0 amide bonds. The molecule has 2 heterocycles. The van der Waals surface area contributed by atoms with Crippen molar-refractivity contribution in [3.05, 3.63) is 102 Å². The number of H-pyrrole nitrogens is 1. The van der Waals surface area contributed by atoms with Gasteiger partial charge in [-0.1, -0.05) is 18.2 Å². The number of aromatic nitrogens is 2. The maximum Gasteiger partial charge on any atom is 0.185 e. The van der Waals surface area contributed by atoms with E-state index in [4.69, 9.17) is 10.7 Å². The normalized spacial score (nSPS) is 11.5. The maximum atomic E-state index is 13.5. The van der Waals surface area contributed by atoms with E-state index in [-0.39, 0.29) is 11.6 Å². The molecule has 0 unspecified atom stereocenters. The Morgan fingerprint density at radius 1 is 0.935 bits per heavy atom. The fourth-order valence-electron chi connectivity index (χ4n) is 3.67. The molecule has 0 saturated heterocycles. The number of hydrogen-bond donors (Lipinski definition) is 2. The lowest BCUT2D eigenvalue weighted by Gasteiger charge is -2.06. The summed E-state index contributed by atoms with van der Waals surface area (Å²) in [6.07, 6.45) is 3.20. The van der Waals surface area contributed by atoms with Gasteiger partial charge >= 0.3 is 0 Å². The van der Waals surface area contributed by atoms with Gasteiger partial charge in [-0.2, -0.15) is 0 Å². The second-order valence-electron chi connectivity index (χ2n) is 7.32. The molecule has 0 bridgehead atoms. The van der Waals surface area contributed by atoms with E-state index in [1.54, 1.807) is 42.5 Å². The largest absolute Gasteiger partial charge is 0.399 e. The van der Waals surface area contributed by atoms with E-state index in [1.165, 1.54) is 18.2 Å². The van der Waals surface area contributed by atoms with Crippen LogP contribution in [0.3, 0.4) is 0 Å². The van der Waals surface area contributed by atoms with Crippen molar-refractivity contribution in [2.45, 2.75) is 0 Å². The van der Waals surface area contributed by atoms with Crippen molar-refractivity contribution in [1.82, 2.24) is 9.97 Å². The Bertz CT molecular complexity index is 1450. The summed E-state index contributed by atoms with van der Waals surface area (Å²) in [7, 11) is 0. The number of para-hydroxylation sites is 1. The molecule has 0 aliphatic rings. The molecule has 5 heteroatoms. The Kier molecular flexibility index (Phi) is 4.56. The van der Waals surface area contributed by atoms with Crippen molar-refractivity contribution in [3.63, 3.8) is 0 Å². The number of hydrogen-bond acceptors (Lipinski definition) is 3. The van der Waals surface area contributed by atoms with Gasteiger partial charge in [0, 0.05) is 33.1 Å². The number of carbonyl (C=O) groups is 1. The fourth-order valence-corrected chi connectivity index (χ4v) is 3.67. The zero-order valence-corrected chi connectivity index (χ0v) is 16.5. The first-order valence-electron chi connectivity index (χ1n) is 9.84. The molecule has 3 aromatic carbocycles. The number of allylic oxidation sites excluding steroid dienone is 1. The molecule has 4 nitrogen and oxygen atoms in total. The van der Waals surface area contributed by atoms with Gasteiger partial charge in [0.1, 0.15) is 5.82 Å². The Morgan fingerprint density at radius 2 is 1.68 bits per heavy atom. The van der Waals surface area contributed by atoms with Crippen LogP contribution in [0.1, 0.15) is 16.1 Å². The van der Waals surface area contributed by atoms with Crippen LogP contribution in [0.4, 0.5) is 10.1 Å². The van der Waals surface area contributed by atoms with Crippen LogP contribution in [0, 0.1) is 5.82 Å². The Morgan fingerprint density at radius 3 is 2.45 bits per heavy atom. The van der Waals surface area contributed by atoms with Crippen molar-refractivity contribution >= 4 is 39.4 Å². The predicted octanol–water partition coefficient (Wildman–Crippen LogP) is 6.00. The minimum absolute atomic E-state index is 0.135. The minimum atomic E-state index is -0.304. The molecule has 0 atom stereocenters. The lowest BCUT2D eigenvalue weighted by molar-refractivity contribution is 0.104. The predicted molar refractivity (Wildman–Crippen MR) is 123 cm³/mol. The third-order valence-electron chi connectivity index (χ3n) is 5.23. The topological polar surface area (TPSA) is 71.8 Å². The Balaban J connectivity index is 1.64. The highest BCUT2D eigenvalue weighted by atomic mass is 19.1. The third kappa shape index (κ3) is 3.57. The number of pyridine rings is 1. The SMILES string of the molecule is Nc1ccc(C(=O)/C=C/c2cc3c([nH]c4ccccc43)c(-c3ccc(F)cc3)n2)cc1. The van der Waals surface area contributed by atoms with Crippen LogP contribution in [0.2, 0.25) is 0 Å². The number of halogens is 1. The van der Waals surface area contributed by atoms with Gasteiger partial charge in [-0.15, -0.1) is 0 Å². The number of nitrogen functional groups attached to an aromatic ring is 1. The molecule has 0 spiro atoms. The smallest absolute Gasteiger partial charge is 0.185 e. The first-order valence-corrected chi connectivity index (χ1v) is 9.84. The van der Waals surface area contributed by atoms with Crippen molar-refractivity contribution in [2.24, 2.45) is 0 Å². The molecule has 5 aromatic rings. The number of fused-ring (bicyclic) bond motifs is 3. The number of benzene rings is 3. The Hall–Kier alpha value is -4.25. The summed E-state index contributed by atoms with van der Waals surface area (Å²) in [5.41, 5.74) is 10.8. The van der Waals surface area contributed by atoms with E-state index >= 15 is 0 Å². The van der Waals surface area contributed by atoms with Crippen molar-refractivity contribution < 1.29 is 9.18 Å². The second-order valence-corrected chi connectivity index (χ2v) is 7.32. The first-order chi connectivity index (χ1) is 15.1. The summed E-state index contributed by atoms with van der Waals surface area (Å²) in [5.74, 6) is -0.439. The standard InChI is InChI=1S/C26H18FN3O/c27-18-9-5-17(6-10-18)25-26-22(21-3-1-2-4-23(21)30-26)15-20(29-25)13-14-24(31)16-7-11-19(28)12-8-16/h1-15,30H,28H2/b14-13+. The summed E-state index contributed by atoms with van der Waals surface area (Å²) in [6.45, 7) is 0. The summed E-state index contributed by atoms with van der Waals surface area (Å²) in [5, 5.41) is 2.05.